The van der Waals surface area contributed by atoms with Crippen molar-refractivity contribution in [2.45, 2.75) is 6.04 Å². The summed E-state index contributed by atoms with van der Waals surface area (Å²) in [6.45, 7) is 0.564. The summed E-state index contributed by atoms with van der Waals surface area (Å²) in [5.74, 6) is -1.28. The molecular formula is C14H22N2O6S. The number of rotatable bonds is 11. The summed E-state index contributed by atoms with van der Waals surface area (Å²) in [5, 5.41) is 9.33. The van der Waals surface area contributed by atoms with Crippen LogP contribution in [-0.4, -0.2) is 64.3 Å². The van der Waals surface area contributed by atoms with Crippen LogP contribution in [0.4, 0.5) is 0 Å². The van der Waals surface area contributed by atoms with Gasteiger partial charge in [-0.2, -0.15) is 17.4 Å². The van der Waals surface area contributed by atoms with E-state index in [0.717, 1.165) is 4.31 Å². The molecule has 0 saturated carbocycles. The number of carbonyl (C=O) groups is 1. The third-order valence-electron chi connectivity index (χ3n) is 3.08. The van der Waals surface area contributed by atoms with Gasteiger partial charge in [0.05, 0.1) is 13.2 Å². The molecule has 0 spiro atoms. The lowest BCUT2D eigenvalue weighted by Gasteiger charge is -2.24. The number of carboxylic acid groups (broad SMARTS) is 1. The average molecular weight is 346 g/mol. The number of hydrogen-bond acceptors (Lipinski definition) is 5. The van der Waals surface area contributed by atoms with Gasteiger partial charge in [0.1, 0.15) is 6.04 Å². The Morgan fingerprint density at radius 2 is 1.70 bits per heavy atom. The van der Waals surface area contributed by atoms with Crippen molar-refractivity contribution in [1.82, 2.24) is 9.03 Å². The minimum atomic E-state index is -4.02. The molecule has 23 heavy (non-hydrogen) atoms. The number of carboxylic acids is 1. The maximum Gasteiger partial charge on any atom is 0.326 e. The molecule has 1 aromatic carbocycles. The van der Waals surface area contributed by atoms with E-state index >= 15 is 0 Å². The second-order valence-electron chi connectivity index (χ2n) is 4.69. The lowest BCUT2D eigenvalue weighted by molar-refractivity contribution is -0.139. The van der Waals surface area contributed by atoms with Crippen molar-refractivity contribution in [3.05, 3.63) is 35.9 Å². The highest BCUT2D eigenvalue weighted by atomic mass is 32.2. The Morgan fingerprint density at radius 1 is 1.17 bits per heavy atom. The number of ether oxygens (including phenoxy) is 2. The summed E-state index contributed by atoms with van der Waals surface area (Å²) >= 11 is 0. The Balaban J connectivity index is 2.95. The van der Waals surface area contributed by atoms with Crippen LogP contribution in [0.1, 0.15) is 11.6 Å². The van der Waals surface area contributed by atoms with Crippen LogP contribution < -0.4 is 4.72 Å². The Hall–Kier alpha value is -1.52. The molecule has 0 amide bonds. The number of hydrogen-bond donors (Lipinski definition) is 2. The van der Waals surface area contributed by atoms with E-state index in [-0.39, 0.29) is 26.3 Å². The third-order valence-corrected chi connectivity index (χ3v) is 4.65. The summed E-state index contributed by atoms with van der Waals surface area (Å²) in [7, 11) is -1.10. The van der Waals surface area contributed by atoms with Crippen LogP contribution in [0.3, 0.4) is 0 Å². The molecule has 0 fully saturated rings. The maximum atomic E-state index is 12.5. The molecular weight excluding hydrogens is 324 g/mol. The summed E-state index contributed by atoms with van der Waals surface area (Å²) in [6, 6.07) is 6.75. The molecule has 1 atom stereocenters. The van der Waals surface area contributed by atoms with Gasteiger partial charge in [0.25, 0.3) is 10.2 Å². The molecule has 0 heterocycles. The molecule has 8 nitrogen and oxygen atoms in total. The van der Waals surface area contributed by atoms with E-state index in [0.29, 0.717) is 5.56 Å². The average Bonchev–Trinajstić information content (AvgIpc) is 2.53. The number of aliphatic carboxylic acids is 1. The number of nitrogens with zero attached hydrogens (tertiary/aromatic N) is 1. The van der Waals surface area contributed by atoms with Gasteiger partial charge in [0.2, 0.25) is 0 Å². The Bertz CT molecular complexity index is 570. The first-order valence-electron chi connectivity index (χ1n) is 6.95. The van der Waals surface area contributed by atoms with Gasteiger partial charge < -0.3 is 14.6 Å². The molecule has 0 aromatic heterocycles. The van der Waals surface area contributed by atoms with Gasteiger partial charge in [-0.3, -0.25) is 4.79 Å². The molecule has 0 radical (unpaired) electrons. The fourth-order valence-electron chi connectivity index (χ4n) is 1.87. The first-order chi connectivity index (χ1) is 10.9. The fourth-order valence-corrected chi connectivity index (χ4v) is 3.18. The van der Waals surface area contributed by atoms with Crippen molar-refractivity contribution in [3.63, 3.8) is 0 Å². The van der Waals surface area contributed by atoms with E-state index in [1.54, 1.807) is 30.3 Å². The molecule has 0 aliphatic carbocycles. The van der Waals surface area contributed by atoms with E-state index in [1.165, 1.54) is 14.2 Å². The van der Waals surface area contributed by atoms with Gasteiger partial charge in [0, 0.05) is 27.3 Å². The van der Waals surface area contributed by atoms with Crippen molar-refractivity contribution in [1.29, 1.82) is 0 Å². The van der Waals surface area contributed by atoms with Crippen LogP contribution in [0.5, 0.6) is 0 Å². The van der Waals surface area contributed by atoms with Gasteiger partial charge in [0.15, 0.2) is 0 Å². The largest absolute Gasteiger partial charge is 0.480 e. The van der Waals surface area contributed by atoms with Gasteiger partial charge in [-0.1, -0.05) is 30.3 Å². The minimum absolute atomic E-state index is 0.0936. The van der Waals surface area contributed by atoms with Gasteiger partial charge in [-0.25, -0.2) is 0 Å². The van der Waals surface area contributed by atoms with Crippen LogP contribution in [0, 0.1) is 0 Å². The normalized spacial score (nSPS) is 13.2. The number of methoxy groups -OCH3 is 2. The number of benzene rings is 1. The van der Waals surface area contributed by atoms with Crippen LogP contribution in [0.25, 0.3) is 0 Å². The molecule has 130 valence electrons. The highest BCUT2D eigenvalue weighted by Crippen LogP contribution is 2.15. The summed E-state index contributed by atoms with van der Waals surface area (Å²) in [4.78, 5) is 11.4. The molecule has 0 aliphatic rings. The lowest BCUT2D eigenvalue weighted by Crippen LogP contribution is -2.46. The first-order valence-corrected chi connectivity index (χ1v) is 8.39. The second kappa shape index (κ2) is 9.58. The molecule has 1 rings (SSSR count). The van der Waals surface area contributed by atoms with Crippen LogP contribution in [-0.2, 0) is 24.5 Å². The molecule has 0 saturated heterocycles. The minimum Gasteiger partial charge on any atom is -0.480 e. The molecule has 2 N–H and O–H groups in total. The molecule has 0 unspecified atom stereocenters. The second-order valence-corrected chi connectivity index (χ2v) is 6.39. The zero-order valence-electron chi connectivity index (χ0n) is 13.1. The van der Waals surface area contributed by atoms with E-state index in [1.807, 2.05) is 0 Å². The van der Waals surface area contributed by atoms with Crippen LogP contribution in [0.15, 0.2) is 30.3 Å². The Morgan fingerprint density at radius 3 is 2.13 bits per heavy atom. The summed E-state index contributed by atoms with van der Waals surface area (Å²) < 4.78 is 38.0. The van der Waals surface area contributed by atoms with Gasteiger partial charge in [-0.15, -0.1) is 0 Å². The Labute approximate surface area is 136 Å². The van der Waals surface area contributed by atoms with Crippen LogP contribution in [0.2, 0.25) is 0 Å². The van der Waals surface area contributed by atoms with Crippen LogP contribution >= 0.6 is 0 Å². The zero-order valence-corrected chi connectivity index (χ0v) is 14.0. The van der Waals surface area contributed by atoms with Crippen molar-refractivity contribution < 1.29 is 27.8 Å². The smallest absolute Gasteiger partial charge is 0.326 e. The zero-order chi connectivity index (χ0) is 17.3. The fraction of sp³-hybridized carbons (Fsp3) is 0.500. The monoisotopic (exact) mass is 346 g/mol. The molecule has 0 aliphatic heterocycles. The standard InChI is InChI=1S/C14H22N2O6S/c1-21-10-8-16(9-11-22-2)23(19,20)15-13(14(17)18)12-6-4-3-5-7-12/h3-7,13,15H,8-11H2,1-2H3,(H,17,18)/t13-/m1/s1. The molecule has 0 bridgehead atoms. The predicted molar refractivity (Wildman–Crippen MR) is 84.2 cm³/mol. The summed E-state index contributed by atoms with van der Waals surface area (Å²) in [5.41, 5.74) is 0.349. The predicted octanol–water partition coefficient (Wildman–Crippen LogP) is 0.242. The SMILES string of the molecule is COCCN(CCOC)S(=O)(=O)N[C@@H](C(=O)O)c1ccccc1. The topological polar surface area (TPSA) is 105 Å². The van der Waals surface area contributed by atoms with Gasteiger partial charge >= 0.3 is 5.97 Å². The van der Waals surface area contributed by atoms with Crippen molar-refractivity contribution in [2.24, 2.45) is 0 Å². The van der Waals surface area contributed by atoms with Crippen molar-refractivity contribution >= 4 is 16.2 Å². The third kappa shape index (κ3) is 6.24. The summed E-state index contributed by atoms with van der Waals surface area (Å²) in [6.07, 6.45) is 0. The quantitative estimate of drug-likeness (QED) is 0.595. The van der Waals surface area contributed by atoms with Crippen molar-refractivity contribution in [2.75, 3.05) is 40.5 Å². The maximum absolute atomic E-state index is 12.5. The van der Waals surface area contributed by atoms with E-state index in [4.69, 9.17) is 9.47 Å². The molecule has 9 heteroatoms. The van der Waals surface area contributed by atoms with E-state index in [9.17, 15) is 18.3 Å². The molecule has 1 aromatic rings. The van der Waals surface area contributed by atoms with Crippen molar-refractivity contribution in [3.8, 4) is 0 Å². The van der Waals surface area contributed by atoms with E-state index < -0.39 is 22.2 Å². The highest BCUT2D eigenvalue weighted by molar-refractivity contribution is 7.87. The Kier molecular flexibility index (Phi) is 8.13. The van der Waals surface area contributed by atoms with Gasteiger partial charge in [-0.05, 0) is 5.56 Å². The first kappa shape index (κ1) is 19.5. The van der Waals surface area contributed by atoms with E-state index in [2.05, 4.69) is 4.72 Å². The highest BCUT2D eigenvalue weighted by Gasteiger charge is 2.29. The number of nitrogens with one attached hydrogen (secondary N) is 1. The lowest BCUT2D eigenvalue weighted by atomic mass is 10.1.